The van der Waals surface area contributed by atoms with Gasteiger partial charge in [0.15, 0.2) is 0 Å². The number of primary amides is 1. The van der Waals surface area contributed by atoms with Gasteiger partial charge in [0.25, 0.3) is 5.91 Å². The summed E-state index contributed by atoms with van der Waals surface area (Å²) in [6, 6.07) is 5.26. The highest BCUT2D eigenvalue weighted by Crippen LogP contribution is 2.30. The van der Waals surface area contributed by atoms with Crippen LogP contribution in [0.25, 0.3) is 0 Å². The molecule has 1 fully saturated rings. The Hall–Kier alpha value is -1.71. The number of hydrogen-bond acceptors (Lipinski definition) is 3. The van der Waals surface area contributed by atoms with Crippen molar-refractivity contribution in [1.82, 2.24) is 0 Å². The van der Waals surface area contributed by atoms with Crippen molar-refractivity contribution < 1.29 is 4.79 Å². The summed E-state index contributed by atoms with van der Waals surface area (Å²) in [5, 5.41) is 0. The van der Waals surface area contributed by atoms with Crippen LogP contribution in [0.15, 0.2) is 18.2 Å². The van der Waals surface area contributed by atoms with E-state index in [0.29, 0.717) is 11.3 Å². The van der Waals surface area contributed by atoms with Crippen molar-refractivity contribution in [2.45, 2.75) is 6.42 Å². The number of carbonyl (C=O) groups is 1. The molecule has 1 saturated heterocycles. The van der Waals surface area contributed by atoms with E-state index in [1.165, 1.54) is 0 Å². The number of nitrogens with two attached hydrogens (primary N) is 2. The van der Waals surface area contributed by atoms with E-state index in [-0.39, 0.29) is 0 Å². The topological polar surface area (TPSA) is 72.3 Å². The summed E-state index contributed by atoms with van der Waals surface area (Å²) < 4.78 is 0. The Morgan fingerprint density at radius 1 is 1.36 bits per heavy atom. The molecule has 0 radical (unpaired) electrons. The molecule has 2 rings (SSSR count). The Balaban J connectivity index is 2.47. The smallest absolute Gasteiger partial charge is 0.250 e. The highest BCUT2D eigenvalue weighted by atomic mass is 16.1. The zero-order chi connectivity index (χ0) is 10.1. The van der Waals surface area contributed by atoms with Gasteiger partial charge in [-0.15, -0.1) is 0 Å². The third-order valence-corrected chi connectivity index (χ3v) is 2.50. The van der Waals surface area contributed by atoms with Crippen molar-refractivity contribution in [3.05, 3.63) is 23.8 Å². The van der Waals surface area contributed by atoms with Crippen molar-refractivity contribution in [1.29, 1.82) is 0 Å². The number of rotatable bonds is 2. The van der Waals surface area contributed by atoms with Gasteiger partial charge in [-0.2, -0.15) is 0 Å². The summed E-state index contributed by atoms with van der Waals surface area (Å²) >= 11 is 0. The minimum atomic E-state index is -0.417. The Kier molecular flexibility index (Phi) is 2.04. The van der Waals surface area contributed by atoms with Crippen LogP contribution in [0.2, 0.25) is 0 Å². The van der Waals surface area contributed by atoms with Crippen LogP contribution in [0.4, 0.5) is 11.4 Å². The van der Waals surface area contributed by atoms with Crippen molar-refractivity contribution in [3.63, 3.8) is 0 Å². The van der Waals surface area contributed by atoms with Gasteiger partial charge >= 0.3 is 0 Å². The molecule has 0 saturated carbocycles. The predicted molar refractivity (Wildman–Crippen MR) is 56.2 cm³/mol. The number of nitrogen functional groups attached to an aromatic ring is 1. The van der Waals surface area contributed by atoms with Crippen LogP contribution in [-0.4, -0.2) is 19.0 Å². The number of para-hydroxylation sites is 1. The van der Waals surface area contributed by atoms with Gasteiger partial charge in [-0.25, -0.2) is 0 Å². The van der Waals surface area contributed by atoms with Gasteiger partial charge in [0.2, 0.25) is 0 Å². The lowest BCUT2D eigenvalue weighted by atomic mass is 10.1. The van der Waals surface area contributed by atoms with E-state index in [4.69, 9.17) is 11.5 Å². The zero-order valence-electron chi connectivity index (χ0n) is 7.86. The van der Waals surface area contributed by atoms with E-state index in [9.17, 15) is 4.79 Å². The van der Waals surface area contributed by atoms with Gasteiger partial charge in [-0.05, 0) is 18.6 Å². The number of amides is 1. The first-order valence-corrected chi connectivity index (χ1v) is 4.63. The Labute approximate surface area is 82.5 Å². The van der Waals surface area contributed by atoms with Gasteiger partial charge in [0.1, 0.15) is 0 Å². The molecule has 1 aromatic carbocycles. The second-order valence-electron chi connectivity index (χ2n) is 3.45. The molecule has 0 aliphatic carbocycles. The molecule has 4 heteroatoms. The van der Waals surface area contributed by atoms with E-state index < -0.39 is 5.91 Å². The SMILES string of the molecule is NC(=O)c1cccc(N)c1N1CCC1. The summed E-state index contributed by atoms with van der Waals surface area (Å²) in [4.78, 5) is 13.2. The summed E-state index contributed by atoms with van der Waals surface area (Å²) in [7, 11) is 0. The molecular weight excluding hydrogens is 178 g/mol. The third kappa shape index (κ3) is 1.28. The Bertz CT molecular complexity index is 372. The first-order chi connectivity index (χ1) is 6.70. The largest absolute Gasteiger partial charge is 0.397 e. The van der Waals surface area contributed by atoms with E-state index in [1.807, 2.05) is 0 Å². The first kappa shape index (κ1) is 8.87. The number of hydrogen-bond donors (Lipinski definition) is 2. The standard InChI is InChI=1S/C10H13N3O/c11-8-4-1-3-7(10(12)14)9(8)13-5-2-6-13/h1,3-4H,2,5-6,11H2,(H2,12,14). The van der Waals surface area contributed by atoms with Crippen molar-refractivity contribution >= 4 is 17.3 Å². The van der Waals surface area contributed by atoms with E-state index >= 15 is 0 Å². The summed E-state index contributed by atoms with van der Waals surface area (Å²) in [5.74, 6) is -0.417. The normalized spacial score (nSPS) is 15.0. The van der Waals surface area contributed by atoms with Crippen molar-refractivity contribution in [3.8, 4) is 0 Å². The molecule has 74 valence electrons. The van der Waals surface area contributed by atoms with Gasteiger partial charge in [0.05, 0.1) is 16.9 Å². The lowest BCUT2D eigenvalue weighted by Crippen LogP contribution is -2.39. The molecule has 4 N–H and O–H groups in total. The van der Waals surface area contributed by atoms with Gasteiger partial charge in [-0.3, -0.25) is 4.79 Å². The summed E-state index contributed by atoms with van der Waals surface area (Å²) in [5.41, 5.74) is 13.0. The minimum Gasteiger partial charge on any atom is -0.397 e. The second-order valence-corrected chi connectivity index (χ2v) is 3.45. The van der Waals surface area contributed by atoms with Gasteiger partial charge in [0, 0.05) is 13.1 Å². The molecule has 0 aromatic heterocycles. The quantitative estimate of drug-likeness (QED) is 0.671. The maximum atomic E-state index is 11.2. The maximum absolute atomic E-state index is 11.2. The first-order valence-electron chi connectivity index (χ1n) is 4.63. The molecule has 1 heterocycles. The monoisotopic (exact) mass is 191 g/mol. The van der Waals surface area contributed by atoms with Crippen molar-refractivity contribution in [2.24, 2.45) is 5.73 Å². The molecule has 0 atom stereocenters. The third-order valence-electron chi connectivity index (χ3n) is 2.50. The van der Waals surface area contributed by atoms with Crippen LogP contribution in [0.3, 0.4) is 0 Å². The summed E-state index contributed by atoms with van der Waals surface area (Å²) in [6.45, 7) is 1.91. The molecule has 0 unspecified atom stereocenters. The molecule has 1 amide bonds. The number of anilines is 2. The Morgan fingerprint density at radius 3 is 2.57 bits per heavy atom. The molecule has 1 aromatic rings. The van der Waals surface area contributed by atoms with E-state index in [2.05, 4.69) is 4.90 Å². The maximum Gasteiger partial charge on any atom is 0.250 e. The average Bonchev–Trinajstić information content (AvgIpc) is 2.04. The molecule has 4 nitrogen and oxygen atoms in total. The average molecular weight is 191 g/mol. The van der Waals surface area contributed by atoms with Crippen LogP contribution >= 0.6 is 0 Å². The van der Waals surface area contributed by atoms with Crippen LogP contribution in [0.5, 0.6) is 0 Å². The lowest BCUT2D eigenvalue weighted by molar-refractivity contribution is 0.100. The molecular formula is C10H13N3O. The molecule has 0 spiro atoms. The van der Waals surface area contributed by atoms with Crippen molar-refractivity contribution in [2.75, 3.05) is 23.7 Å². The molecule has 0 bridgehead atoms. The molecule has 1 aliphatic heterocycles. The zero-order valence-corrected chi connectivity index (χ0v) is 7.86. The van der Waals surface area contributed by atoms with Crippen LogP contribution in [0, 0.1) is 0 Å². The predicted octanol–water partition coefficient (Wildman–Crippen LogP) is 0.578. The van der Waals surface area contributed by atoms with E-state index in [0.717, 1.165) is 25.2 Å². The highest BCUT2D eigenvalue weighted by Gasteiger charge is 2.21. The fourth-order valence-electron chi connectivity index (χ4n) is 1.65. The molecule has 14 heavy (non-hydrogen) atoms. The molecule has 1 aliphatic rings. The van der Waals surface area contributed by atoms with Crippen LogP contribution in [0.1, 0.15) is 16.8 Å². The van der Waals surface area contributed by atoms with Gasteiger partial charge in [-0.1, -0.05) is 6.07 Å². The Morgan fingerprint density at radius 2 is 2.07 bits per heavy atom. The highest BCUT2D eigenvalue weighted by molar-refractivity contribution is 6.01. The number of carbonyl (C=O) groups excluding carboxylic acids is 1. The summed E-state index contributed by atoms with van der Waals surface area (Å²) in [6.07, 6.45) is 1.15. The lowest BCUT2D eigenvalue weighted by Gasteiger charge is -2.35. The van der Waals surface area contributed by atoms with Crippen LogP contribution < -0.4 is 16.4 Å². The number of benzene rings is 1. The van der Waals surface area contributed by atoms with Crippen LogP contribution in [-0.2, 0) is 0 Å². The van der Waals surface area contributed by atoms with E-state index in [1.54, 1.807) is 18.2 Å². The number of nitrogens with zero attached hydrogens (tertiary/aromatic N) is 1. The fourth-order valence-corrected chi connectivity index (χ4v) is 1.65. The fraction of sp³-hybridized carbons (Fsp3) is 0.300. The second kappa shape index (κ2) is 3.21. The minimum absolute atomic E-state index is 0.417. The van der Waals surface area contributed by atoms with Gasteiger partial charge < -0.3 is 16.4 Å².